The van der Waals surface area contributed by atoms with E-state index in [9.17, 15) is 31.5 Å². The molecule has 0 spiro atoms. The second kappa shape index (κ2) is 9.16. The van der Waals surface area contributed by atoms with E-state index in [4.69, 9.17) is 0 Å². The number of amides is 1. The highest BCUT2D eigenvalue weighted by Crippen LogP contribution is 2.32. The summed E-state index contributed by atoms with van der Waals surface area (Å²) in [7, 11) is -3.77. The van der Waals surface area contributed by atoms with E-state index in [0.717, 1.165) is 11.1 Å². The molecule has 7 nitrogen and oxygen atoms in total. The minimum Gasteiger partial charge on any atom is -0.435 e. The molecular weight excluding hydrogens is 461 g/mol. The highest BCUT2D eigenvalue weighted by Gasteiger charge is 2.39. The third kappa shape index (κ3) is 4.75. The van der Waals surface area contributed by atoms with Crippen molar-refractivity contribution in [1.29, 1.82) is 0 Å². The van der Waals surface area contributed by atoms with Crippen molar-refractivity contribution in [3.8, 4) is 5.75 Å². The molecular formula is C22H21F3N2O5S. The van der Waals surface area contributed by atoms with Gasteiger partial charge >= 0.3 is 6.61 Å². The molecule has 1 unspecified atom stereocenters. The molecule has 1 atom stereocenters. The van der Waals surface area contributed by atoms with E-state index in [1.807, 2.05) is 0 Å². The molecule has 2 fully saturated rings. The molecule has 0 aliphatic carbocycles. The molecule has 0 saturated carbocycles. The first-order valence-corrected chi connectivity index (χ1v) is 11.5. The van der Waals surface area contributed by atoms with Crippen LogP contribution >= 0.6 is 0 Å². The predicted molar refractivity (Wildman–Crippen MR) is 112 cm³/mol. The van der Waals surface area contributed by atoms with E-state index >= 15 is 0 Å². The van der Waals surface area contributed by atoms with Gasteiger partial charge in [-0.25, -0.2) is 12.8 Å². The Kier molecular flexibility index (Phi) is 6.46. The first kappa shape index (κ1) is 23.3. The molecule has 2 saturated heterocycles. The Hall–Kier alpha value is -2.89. The average Bonchev–Trinajstić information content (AvgIpc) is 2.70. The first-order chi connectivity index (χ1) is 15.7. The van der Waals surface area contributed by atoms with Crippen LogP contribution in [0.2, 0.25) is 0 Å². The highest BCUT2D eigenvalue weighted by molar-refractivity contribution is 7.89. The molecule has 2 aromatic rings. The number of sulfonamides is 1. The van der Waals surface area contributed by atoms with Gasteiger partial charge in [0.05, 0.1) is 17.4 Å². The topological polar surface area (TPSA) is 87.2 Å². The standard InChI is InChI=1S/C22H21F3N2O5S/c23-17-3-1-14(2-4-17)20(13-28)21(29)26-9-15(10-26)16-11-27(12-16)33(30,31)19-7-5-18(6-8-19)32-22(24)25/h1-8,20,22,28H,9-13H2. The summed E-state index contributed by atoms with van der Waals surface area (Å²) in [6.07, 6.45) is 0. The van der Waals surface area contributed by atoms with Crippen molar-refractivity contribution < 1.29 is 36.2 Å². The van der Waals surface area contributed by atoms with Gasteiger partial charge in [0.15, 0.2) is 0 Å². The Morgan fingerprint density at radius 3 is 2.09 bits per heavy atom. The van der Waals surface area contributed by atoms with Crippen molar-refractivity contribution in [2.24, 2.45) is 0 Å². The zero-order chi connectivity index (χ0) is 23.8. The van der Waals surface area contributed by atoms with E-state index < -0.39 is 35.0 Å². The van der Waals surface area contributed by atoms with Crippen LogP contribution in [0.15, 0.2) is 64.6 Å². The number of halogens is 3. The summed E-state index contributed by atoms with van der Waals surface area (Å²) >= 11 is 0. The zero-order valence-corrected chi connectivity index (χ0v) is 18.1. The SMILES string of the molecule is O=C(C(CO)c1ccc(F)cc1)N1CC(=C2CN(S(=O)(=O)c3ccc(OC(F)F)cc3)C2)C1. The number of rotatable bonds is 7. The second-order valence-electron chi connectivity index (χ2n) is 7.81. The van der Waals surface area contributed by atoms with Gasteiger partial charge in [0.25, 0.3) is 0 Å². The summed E-state index contributed by atoms with van der Waals surface area (Å²) in [5, 5.41) is 9.64. The summed E-state index contributed by atoms with van der Waals surface area (Å²) in [6, 6.07) is 10.2. The monoisotopic (exact) mass is 482 g/mol. The lowest BCUT2D eigenvalue weighted by Gasteiger charge is -2.42. The van der Waals surface area contributed by atoms with Crippen LogP contribution < -0.4 is 4.74 Å². The van der Waals surface area contributed by atoms with Gasteiger partial charge in [0, 0.05) is 26.2 Å². The van der Waals surface area contributed by atoms with E-state index in [2.05, 4.69) is 4.74 Å². The molecule has 176 valence electrons. The molecule has 2 aliphatic rings. The van der Waals surface area contributed by atoms with Crippen molar-refractivity contribution >= 4 is 15.9 Å². The van der Waals surface area contributed by atoms with Crippen molar-refractivity contribution in [2.75, 3.05) is 32.8 Å². The molecule has 2 aliphatic heterocycles. The second-order valence-corrected chi connectivity index (χ2v) is 9.75. The Balaban J connectivity index is 1.34. The zero-order valence-electron chi connectivity index (χ0n) is 17.3. The van der Waals surface area contributed by atoms with Gasteiger partial charge in [-0.1, -0.05) is 12.1 Å². The number of carbonyl (C=O) groups is 1. The van der Waals surface area contributed by atoms with Crippen molar-refractivity contribution in [2.45, 2.75) is 17.4 Å². The predicted octanol–water partition coefficient (Wildman–Crippen LogP) is 2.35. The Morgan fingerprint density at radius 2 is 1.55 bits per heavy atom. The van der Waals surface area contributed by atoms with Crippen LogP contribution in [0.3, 0.4) is 0 Å². The fourth-order valence-electron chi connectivity index (χ4n) is 3.75. The molecule has 0 radical (unpaired) electrons. The molecule has 1 N–H and O–H groups in total. The van der Waals surface area contributed by atoms with Gasteiger partial charge < -0.3 is 14.7 Å². The highest BCUT2D eigenvalue weighted by atomic mass is 32.2. The maximum atomic E-state index is 13.1. The van der Waals surface area contributed by atoms with Gasteiger partial charge in [-0.3, -0.25) is 4.79 Å². The molecule has 2 aromatic carbocycles. The number of hydrogen-bond acceptors (Lipinski definition) is 5. The number of aliphatic hydroxyl groups is 1. The number of likely N-dealkylation sites (tertiary alicyclic amines) is 1. The summed E-state index contributed by atoms with van der Waals surface area (Å²) in [6.45, 7) is -2.32. The number of alkyl halides is 2. The number of ether oxygens (including phenoxy) is 1. The van der Waals surface area contributed by atoms with E-state index in [-0.39, 0.29) is 29.6 Å². The molecule has 1 amide bonds. The van der Waals surface area contributed by atoms with Crippen LogP contribution in [-0.4, -0.2) is 68.0 Å². The summed E-state index contributed by atoms with van der Waals surface area (Å²) in [4.78, 5) is 14.2. The maximum absolute atomic E-state index is 13.1. The number of carbonyl (C=O) groups excluding carboxylic acids is 1. The van der Waals surface area contributed by atoms with Gasteiger partial charge in [-0.05, 0) is 53.1 Å². The third-order valence-electron chi connectivity index (χ3n) is 5.75. The molecule has 0 aromatic heterocycles. The first-order valence-electron chi connectivity index (χ1n) is 10.1. The maximum Gasteiger partial charge on any atom is 0.387 e. The number of benzene rings is 2. The normalized spacial score (nSPS) is 17.5. The molecule has 11 heteroatoms. The largest absolute Gasteiger partial charge is 0.435 e. The molecule has 4 rings (SSSR count). The van der Waals surface area contributed by atoms with Gasteiger partial charge in [0.2, 0.25) is 15.9 Å². The lowest BCUT2D eigenvalue weighted by atomic mass is 9.92. The summed E-state index contributed by atoms with van der Waals surface area (Å²) < 4.78 is 68.5. The smallest absolute Gasteiger partial charge is 0.387 e. The van der Waals surface area contributed by atoms with E-state index in [1.165, 1.54) is 52.8 Å². The minimum atomic E-state index is -3.77. The fourth-order valence-corrected chi connectivity index (χ4v) is 5.18. The van der Waals surface area contributed by atoms with Crippen LogP contribution in [0.4, 0.5) is 13.2 Å². The fraction of sp³-hybridized carbons (Fsp3) is 0.318. The van der Waals surface area contributed by atoms with Crippen molar-refractivity contribution in [3.05, 3.63) is 71.1 Å². The quantitative estimate of drug-likeness (QED) is 0.613. The van der Waals surface area contributed by atoms with Crippen molar-refractivity contribution in [1.82, 2.24) is 9.21 Å². The van der Waals surface area contributed by atoms with Crippen LogP contribution in [0.5, 0.6) is 5.75 Å². The number of aliphatic hydroxyl groups excluding tert-OH is 1. The minimum absolute atomic E-state index is 0.0244. The Labute approximate surface area is 188 Å². The molecule has 33 heavy (non-hydrogen) atoms. The van der Waals surface area contributed by atoms with Crippen LogP contribution in [0, 0.1) is 5.82 Å². The lowest BCUT2D eigenvalue weighted by molar-refractivity contribution is -0.135. The third-order valence-corrected chi connectivity index (χ3v) is 7.56. The average molecular weight is 482 g/mol. The number of hydrogen-bond donors (Lipinski definition) is 1. The van der Waals surface area contributed by atoms with E-state index in [1.54, 1.807) is 4.90 Å². The summed E-state index contributed by atoms with van der Waals surface area (Å²) in [5.74, 6) is -1.62. The molecule has 2 heterocycles. The Morgan fingerprint density at radius 1 is 0.970 bits per heavy atom. The van der Waals surface area contributed by atoms with Gasteiger partial charge in [0.1, 0.15) is 11.6 Å². The van der Waals surface area contributed by atoms with Crippen molar-refractivity contribution in [3.63, 3.8) is 0 Å². The lowest BCUT2D eigenvalue weighted by Crippen LogP contribution is -2.52. The Bertz CT molecular complexity index is 1150. The van der Waals surface area contributed by atoms with Gasteiger partial charge in [-0.2, -0.15) is 13.1 Å². The molecule has 0 bridgehead atoms. The van der Waals surface area contributed by atoms with Crippen LogP contribution in [-0.2, 0) is 14.8 Å². The summed E-state index contributed by atoms with van der Waals surface area (Å²) in [5.41, 5.74) is 2.41. The van der Waals surface area contributed by atoms with Crippen LogP contribution in [0.1, 0.15) is 11.5 Å². The van der Waals surface area contributed by atoms with Gasteiger partial charge in [-0.15, -0.1) is 0 Å². The van der Waals surface area contributed by atoms with Crippen LogP contribution in [0.25, 0.3) is 0 Å². The van der Waals surface area contributed by atoms with E-state index in [0.29, 0.717) is 18.7 Å². The number of nitrogens with zero attached hydrogens (tertiary/aromatic N) is 2.